The van der Waals surface area contributed by atoms with Crippen LogP contribution in [0.1, 0.15) is 36.0 Å². The number of nitrogens with one attached hydrogen (secondary N) is 3. The number of aromatic amines is 1. The smallest absolute Gasteiger partial charge is 0.257 e. The van der Waals surface area contributed by atoms with E-state index in [9.17, 15) is 18.4 Å². The lowest BCUT2D eigenvalue weighted by Gasteiger charge is -2.30. The Hall–Kier alpha value is -3.81. The number of carbonyl (C=O) groups is 1. The first-order valence-electron chi connectivity index (χ1n) is 11.4. The summed E-state index contributed by atoms with van der Waals surface area (Å²) in [5.74, 6) is -2.08. The molecule has 2 aromatic heterocycles. The first-order chi connectivity index (χ1) is 16.5. The minimum absolute atomic E-state index is 0.115. The van der Waals surface area contributed by atoms with Gasteiger partial charge in [0.05, 0.1) is 0 Å². The molecule has 6 nitrogen and oxygen atoms in total. The summed E-state index contributed by atoms with van der Waals surface area (Å²) in [6.45, 7) is 0.495. The van der Waals surface area contributed by atoms with Gasteiger partial charge >= 0.3 is 0 Å². The molecule has 2 aromatic carbocycles. The molecule has 0 radical (unpaired) electrons. The maximum absolute atomic E-state index is 13.4. The summed E-state index contributed by atoms with van der Waals surface area (Å²) in [6, 6.07) is 12.9. The molecule has 0 saturated heterocycles. The molecule has 0 aliphatic heterocycles. The van der Waals surface area contributed by atoms with E-state index < -0.39 is 17.5 Å². The normalized spacial score (nSPS) is 18.2. The second-order valence-electron chi connectivity index (χ2n) is 8.78. The summed E-state index contributed by atoms with van der Waals surface area (Å²) in [7, 11) is 0. The van der Waals surface area contributed by atoms with E-state index in [1.54, 1.807) is 6.20 Å². The van der Waals surface area contributed by atoms with Crippen molar-refractivity contribution in [2.24, 2.45) is 5.92 Å². The number of halogens is 2. The predicted molar refractivity (Wildman–Crippen MR) is 128 cm³/mol. The molecule has 1 fully saturated rings. The van der Waals surface area contributed by atoms with Crippen molar-refractivity contribution in [3.05, 3.63) is 82.3 Å². The van der Waals surface area contributed by atoms with Gasteiger partial charge in [-0.3, -0.25) is 9.59 Å². The zero-order chi connectivity index (χ0) is 23.7. The summed E-state index contributed by atoms with van der Waals surface area (Å²) in [6.07, 6.45) is 5.40. The lowest BCUT2D eigenvalue weighted by Crippen LogP contribution is -2.34. The van der Waals surface area contributed by atoms with E-state index in [2.05, 4.69) is 20.6 Å². The Labute approximate surface area is 194 Å². The van der Waals surface area contributed by atoms with Crippen molar-refractivity contribution >= 4 is 33.4 Å². The Bertz CT molecular complexity index is 1430. The van der Waals surface area contributed by atoms with Gasteiger partial charge in [-0.05, 0) is 61.9 Å². The van der Waals surface area contributed by atoms with Crippen LogP contribution in [0.3, 0.4) is 0 Å². The fourth-order valence-electron chi connectivity index (χ4n) is 4.73. The second kappa shape index (κ2) is 9.21. The second-order valence-corrected chi connectivity index (χ2v) is 8.78. The molecular formula is C26H24F2N4O2. The Kier molecular flexibility index (Phi) is 5.96. The average Bonchev–Trinajstić information content (AvgIpc) is 2.85. The lowest BCUT2D eigenvalue weighted by molar-refractivity contribution is 0.0942. The van der Waals surface area contributed by atoms with Crippen molar-refractivity contribution < 1.29 is 13.6 Å². The van der Waals surface area contributed by atoms with E-state index in [-0.39, 0.29) is 17.2 Å². The lowest BCUT2D eigenvalue weighted by atomic mass is 9.85. The third-order valence-corrected chi connectivity index (χ3v) is 6.56. The van der Waals surface area contributed by atoms with E-state index in [0.717, 1.165) is 54.3 Å². The highest BCUT2D eigenvalue weighted by Crippen LogP contribution is 2.31. The van der Waals surface area contributed by atoms with Crippen LogP contribution in [0, 0.1) is 17.6 Å². The summed E-state index contributed by atoms with van der Waals surface area (Å²) in [5, 5.41) is 8.87. The Balaban J connectivity index is 1.23. The monoisotopic (exact) mass is 462 g/mol. The summed E-state index contributed by atoms with van der Waals surface area (Å²) in [5.41, 5.74) is 1.46. The zero-order valence-electron chi connectivity index (χ0n) is 18.4. The Morgan fingerprint density at radius 2 is 1.76 bits per heavy atom. The van der Waals surface area contributed by atoms with Crippen LogP contribution >= 0.6 is 0 Å². The first-order valence-corrected chi connectivity index (χ1v) is 11.4. The van der Waals surface area contributed by atoms with Crippen LogP contribution in [-0.2, 0) is 0 Å². The standard InChI is InChI=1S/C26H24F2N4O2/c27-20-10-7-16(13-21(20)28)25(33)30-14-15-5-8-17(9-6-15)31-22-11-12-29-24-23(22)18-3-1-2-4-19(18)26(34)32-24/h1-4,7,10-13,15,17H,5-6,8-9,14H2,(H,30,33)(H2,29,31,32,34). The van der Waals surface area contributed by atoms with E-state index in [1.807, 2.05) is 30.3 Å². The van der Waals surface area contributed by atoms with Crippen LogP contribution < -0.4 is 16.2 Å². The van der Waals surface area contributed by atoms with Gasteiger partial charge in [0, 0.05) is 46.2 Å². The van der Waals surface area contributed by atoms with Gasteiger partial charge in [-0.2, -0.15) is 0 Å². The molecule has 3 N–H and O–H groups in total. The number of amides is 1. The molecule has 34 heavy (non-hydrogen) atoms. The van der Waals surface area contributed by atoms with Crippen LogP contribution in [0.25, 0.3) is 21.8 Å². The number of carbonyl (C=O) groups excluding carboxylic acids is 1. The molecule has 1 saturated carbocycles. The highest BCUT2D eigenvalue weighted by atomic mass is 19.2. The minimum atomic E-state index is -1.03. The SMILES string of the molecule is O=C(NCC1CCC(Nc2ccnc3[nH]c(=O)c4ccccc4c23)CC1)c1ccc(F)c(F)c1. The van der Waals surface area contributed by atoms with Crippen LogP contribution in [0.5, 0.6) is 0 Å². The molecule has 0 unspecified atom stereocenters. The molecule has 2 heterocycles. The van der Waals surface area contributed by atoms with Gasteiger partial charge in [-0.25, -0.2) is 13.8 Å². The fraction of sp³-hybridized carbons (Fsp3) is 0.269. The summed E-state index contributed by atoms with van der Waals surface area (Å²) < 4.78 is 26.5. The molecule has 5 rings (SSSR count). The quantitative estimate of drug-likeness (QED) is 0.374. The number of pyridine rings is 2. The third kappa shape index (κ3) is 4.35. The van der Waals surface area contributed by atoms with Crippen molar-refractivity contribution in [3.63, 3.8) is 0 Å². The van der Waals surface area contributed by atoms with Gasteiger partial charge in [0.25, 0.3) is 11.5 Å². The summed E-state index contributed by atoms with van der Waals surface area (Å²) >= 11 is 0. The van der Waals surface area contributed by atoms with Gasteiger partial charge < -0.3 is 15.6 Å². The van der Waals surface area contributed by atoms with Crippen LogP contribution in [-0.4, -0.2) is 28.5 Å². The summed E-state index contributed by atoms with van der Waals surface area (Å²) in [4.78, 5) is 31.9. The number of nitrogens with zero attached hydrogens (tertiary/aromatic N) is 1. The number of benzene rings is 2. The highest BCUT2D eigenvalue weighted by molar-refractivity contribution is 6.10. The minimum Gasteiger partial charge on any atom is -0.382 e. The molecular weight excluding hydrogens is 438 g/mol. The third-order valence-electron chi connectivity index (χ3n) is 6.56. The molecule has 174 valence electrons. The average molecular weight is 463 g/mol. The van der Waals surface area contributed by atoms with Crippen LogP contribution in [0.4, 0.5) is 14.5 Å². The maximum Gasteiger partial charge on any atom is 0.257 e. The number of aromatic nitrogens is 2. The van der Waals surface area contributed by atoms with Gasteiger partial charge in [0.15, 0.2) is 11.6 Å². The molecule has 1 aliphatic carbocycles. The van der Waals surface area contributed by atoms with Crippen molar-refractivity contribution in [2.75, 3.05) is 11.9 Å². The zero-order valence-corrected chi connectivity index (χ0v) is 18.4. The van der Waals surface area contributed by atoms with Crippen molar-refractivity contribution in [3.8, 4) is 0 Å². The molecule has 1 aliphatic rings. The molecule has 4 aromatic rings. The number of fused-ring (bicyclic) bond motifs is 3. The maximum atomic E-state index is 13.4. The molecule has 0 spiro atoms. The van der Waals surface area contributed by atoms with Crippen molar-refractivity contribution in [1.82, 2.24) is 15.3 Å². The van der Waals surface area contributed by atoms with Crippen molar-refractivity contribution in [1.29, 1.82) is 0 Å². The van der Waals surface area contributed by atoms with E-state index in [0.29, 0.717) is 23.5 Å². The molecule has 8 heteroatoms. The molecule has 0 atom stereocenters. The fourth-order valence-corrected chi connectivity index (χ4v) is 4.73. The Morgan fingerprint density at radius 3 is 2.53 bits per heavy atom. The largest absolute Gasteiger partial charge is 0.382 e. The van der Waals surface area contributed by atoms with E-state index in [1.165, 1.54) is 6.07 Å². The number of rotatable bonds is 5. The number of hydrogen-bond donors (Lipinski definition) is 3. The van der Waals surface area contributed by atoms with Crippen LogP contribution in [0.2, 0.25) is 0 Å². The van der Waals surface area contributed by atoms with E-state index >= 15 is 0 Å². The van der Waals surface area contributed by atoms with Gasteiger partial charge in [-0.1, -0.05) is 18.2 Å². The molecule has 1 amide bonds. The number of H-pyrrole nitrogens is 1. The number of anilines is 1. The van der Waals surface area contributed by atoms with Crippen molar-refractivity contribution in [2.45, 2.75) is 31.7 Å². The number of hydrogen-bond acceptors (Lipinski definition) is 4. The van der Waals surface area contributed by atoms with E-state index in [4.69, 9.17) is 0 Å². The van der Waals surface area contributed by atoms with Crippen LogP contribution in [0.15, 0.2) is 59.5 Å². The van der Waals surface area contributed by atoms with Gasteiger partial charge in [0.2, 0.25) is 0 Å². The first kappa shape index (κ1) is 22.0. The van der Waals surface area contributed by atoms with Gasteiger partial charge in [-0.15, -0.1) is 0 Å². The molecule has 0 bridgehead atoms. The van der Waals surface area contributed by atoms with Gasteiger partial charge in [0.1, 0.15) is 5.65 Å². The highest BCUT2D eigenvalue weighted by Gasteiger charge is 2.23. The predicted octanol–water partition coefficient (Wildman–Crippen LogP) is 4.76. The topological polar surface area (TPSA) is 86.9 Å². The Morgan fingerprint density at radius 1 is 1.00 bits per heavy atom.